The molecule has 136 valence electrons. The summed E-state index contributed by atoms with van der Waals surface area (Å²) in [5.41, 5.74) is 3.42. The van der Waals surface area contributed by atoms with Crippen molar-refractivity contribution in [2.75, 3.05) is 13.1 Å². The summed E-state index contributed by atoms with van der Waals surface area (Å²) in [6.07, 6.45) is 2.11. The number of aryl methyl sites for hydroxylation is 2. The molecule has 2 atom stereocenters. The molecule has 1 aliphatic heterocycles. The van der Waals surface area contributed by atoms with Gasteiger partial charge in [0.25, 0.3) is 0 Å². The van der Waals surface area contributed by atoms with E-state index >= 15 is 0 Å². The maximum Gasteiger partial charge on any atom is 0.308 e. The van der Waals surface area contributed by atoms with E-state index in [0.717, 1.165) is 17.5 Å². The van der Waals surface area contributed by atoms with E-state index in [2.05, 4.69) is 31.2 Å². The van der Waals surface area contributed by atoms with Gasteiger partial charge in [-0.1, -0.05) is 61.5 Å². The first-order valence-electron chi connectivity index (χ1n) is 9.21. The van der Waals surface area contributed by atoms with Crippen molar-refractivity contribution in [1.29, 1.82) is 0 Å². The Morgan fingerprint density at radius 2 is 1.65 bits per heavy atom. The lowest BCUT2D eigenvalue weighted by Gasteiger charge is -2.16. The molecule has 0 spiro atoms. The number of rotatable bonds is 6. The Bertz CT molecular complexity index is 755. The molecule has 3 rings (SSSR count). The van der Waals surface area contributed by atoms with E-state index in [9.17, 15) is 14.7 Å². The summed E-state index contributed by atoms with van der Waals surface area (Å²) in [7, 11) is 0. The van der Waals surface area contributed by atoms with Gasteiger partial charge in [0.15, 0.2) is 0 Å². The molecule has 26 heavy (non-hydrogen) atoms. The number of nitrogens with zero attached hydrogens (tertiary/aromatic N) is 1. The van der Waals surface area contributed by atoms with Crippen LogP contribution in [0.25, 0.3) is 0 Å². The Morgan fingerprint density at radius 1 is 1.00 bits per heavy atom. The first-order valence-corrected chi connectivity index (χ1v) is 9.21. The molecule has 2 aromatic carbocycles. The van der Waals surface area contributed by atoms with Gasteiger partial charge in [-0.25, -0.2) is 0 Å². The van der Waals surface area contributed by atoms with E-state index in [0.29, 0.717) is 25.9 Å². The van der Waals surface area contributed by atoms with Crippen molar-refractivity contribution in [3.05, 3.63) is 71.3 Å². The Kier molecular flexibility index (Phi) is 5.71. The van der Waals surface area contributed by atoms with E-state index < -0.39 is 11.9 Å². The molecular formula is C22H25NO3. The van der Waals surface area contributed by atoms with Gasteiger partial charge in [0.05, 0.1) is 5.92 Å². The molecule has 0 aromatic heterocycles. The molecule has 4 heteroatoms. The maximum atomic E-state index is 12.6. The van der Waals surface area contributed by atoms with Crippen LogP contribution in [-0.4, -0.2) is 35.0 Å². The van der Waals surface area contributed by atoms with E-state index in [4.69, 9.17) is 0 Å². The quantitative estimate of drug-likeness (QED) is 0.866. The largest absolute Gasteiger partial charge is 0.481 e. The fourth-order valence-corrected chi connectivity index (χ4v) is 3.65. The minimum absolute atomic E-state index is 0.0363. The molecular weight excluding hydrogens is 326 g/mol. The Morgan fingerprint density at radius 3 is 2.27 bits per heavy atom. The number of likely N-dealkylation sites (tertiary alicyclic amines) is 1. The van der Waals surface area contributed by atoms with Crippen molar-refractivity contribution in [1.82, 2.24) is 4.90 Å². The molecule has 2 aromatic rings. The topological polar surface area (TPSA) is 57.6 Å². The summed E-state index contributed by atoms with van der Waals surface area (Å²) in [5.74, 6) is -1.47. The zero-order valence-electron chi connectivity index (χ0n) is 15.1. The lowest BCUT2D eigenvalue weighted by Crippen LogP contribution is -2.30. The number of hydrogen-bond donors (Lipinski definition) is 1. The van der Waals surface area contributed by atoms with E-state index in [1.54, 1.807) is 4.90 Å². The normalized spacial score (nSPS) is 19.5. The van der Waals surface area contributed by atoms with Crippen LogP contribution in [0.1, 0.15) is 36.0 Å². The monoisotopic (exact) mass is 351 g/mol. The van der Waals surface area contributed by atoms with Crippen LogP contribution >= 0.6 is 0 Å². The van der Waals surface area contributed by atoms with Crippen LogP contribution in [-0.2, 0) is 22.4 Å². The molecule has 1 N–H and O–H groups in total. The standard InChI is InChI=1S/C22H25NO3/c1-2-16-8-10-17(11-9-16)12-13-21(24)23-14-19(20(15-23)22(25)26)18-6-4-3-5-7-18/h3-11,19-20H,2,12-15H2,1H3,(H,25,26)/t19-,20-/m0/s1. The number of hydrogen-bond acceptors (Lipinski definition) is 2. The van der Waals surface area contributed by atoms with Crippen molar-refractivity contribution in [2.24, 2.45) is 5.92 Å². The van der Waals surface area contributed by atoms with Crippen molar-refractivity contribution >= 4 is 11.9 Å². The van der Waals surface area contributed by atoms with Crippen molar-refractivity contribution < 1.29 is 14.7 Å². The molecule has 1 amide bonds. The molecule has 0 radical (unpaired) electrons. The summed E-state index contributed by atoms with van der Waals surface area (Å²) >= 11 is 0. The molecule has 1 heterocycles. The van der Waals surface area contributed by atoms with Crippen LogP contribution < -0.4 is 0 Å². The number of carboxylic acid groups (broad SMARTS) is 1. The van der Waals surface area contributed by atoms with Gasteiger partial charge >= 0.3 is 5.97 Å². The van der Waals surface area contributed by atoms with Gasteiger partial charge < -0.3 is 10.0 Å². The highest BCUT2D eigenvalue weighted by molar-refractivity contribution is 5.79. The minimum Gasteiger partial charge on any atom is -0.481 e. The lowest BCUT2D eigenvalue weighted by atomic mass is 9.89. The Hall–Kier alpha value is -2.62. The van der Waals surface area contributed by atoms with Crippen LogP contribution in [0.3, 0.4) is 0 Å². The van der Waals surface area contributed by atoms with E-state index in [1.807, 2.05) is 30.3 Å². The molecule has 0 aliphatic carbocycles. The second kappa shape index (κ2) is 8.17. The summed E-state index contributed by atoms with van der Waals surface area (Å²) in [4.78, 5) is 26.0. The molecule has 0 saturated carbocycles. The lowest BCUT2D eigenvalue weighted by molar-refractivity contribution is -0.141. The van der Waals surface area contributed by atoms with Gasteiger partial charge in [-0.2, -0.15) is 0 Å². The summed E-state index contributed by atoms with van der Waals surface area (Å²) in [5, 5.41) is 9.56. The van der Waals surface area contributed by atoms with Gasteiger partial charge in [0, 0.05) is 25.4 Å². The highest BCUT2D eigenvalue weighted by atomic mass is 16.4. The summed E-state index contributed by atoms with van der Waals surface area (Å²) < 4.78 is 0. The molecule has 4 nitrogen and oxygen atoms in total. The second-order valence-corrected chi connectivity index (χ2v) is 6.93. The molecule has 1 fully saturated rings. The van der Waals surface area contributed by atoms with Gasteiger partial charge in [-0.05, 0) is 29.5 Å². The van der Waals surface area contributed by atoms with Crippen LogP contribution in [0.4, 0.5) is 0 Å². The van der Waals surface area contributed by atoms with Crippen LogP contribution in [0.2, 0.25) is 0 Å². The number of amides is 1. The third kappa shape index (κ3) is 4.13. The average molecular weight is 351 g/mol. The second-order valence-electron chi connectivity index (χ2n) is 6.93. The first-order chi connectivity index (χ1) is 12.6. The van der Waals surface area contributed by atoms with E-state index in [1.165, 1.54) is 5.56 Å². The van der Waals surface area contributed by atoms with Crippen molar-refractivity contribution in [3.63, 3.8) is 0 Å². The number of aliphatic carboxylic acids is 1. The average Bonchev–Trinajstić information content (AvgIpc) is 3.13. The van der Waals surface area contributed by atoms with Crippen molar-refractivity contribution in [2.45, 2.75) is 32.1 Å². The number of benzene rings is 2. The van der Waals surface area contributed by atoms with Crippen LogP contribution in [0, 0.1) is 5.92 Å². The zero-order chi connectivity index (χ0) is 18.5. The Balaban J connectivity index is 1.63. The minimum atomic E-state index is -0.829. The zero-order valence-corrected chi connectivity index (χ0v) is 15.1. The maximum absolute atomic E-state index is 12.6. The highest BCUT2D eigenvalue weighted by Gasteiger charge is 2.40. The summed E-state index contributed by atoms with van der Waals surface area (Å²) in [6.45, 7) is 2.89. The third-order valence-corrected chi connectivity index (χ3v) is 5.28. The fraction of sp³-hybridized carbons (Fsp3) is 0.364. The number of carboxylic acids is 1. The van der Waals surface area contributed by atoms with Crippen LogP contribution in [0.15, 0.2) is 54.6 Å². The predicted octanol–water partition coefficient (Wildman–Crippen LogP) is 3.51. The summed E-state index contributed by atoms with van der Waals surface area (Å²) in [6, 6.07) is 18.0. The molecule has 0 bridgehead atoms. The van der Waals surface area contributed by atoms with E-state index in [-0.39, 0.29) is 11.8 Å². The fourth-order valence-electron chi connectivity index (χ4n) is 3.65. The van der Waals surface area contributed by atoms with Gasteiger partial charge in [-0.3, -0.25) is 9.59 Å². The van der Waals surface area contributed by atoms with Crippen molar-refractivity contribution in [3.8, 4) is 0 Å². The molecule has 1 aliphatic rings. The highest BCUT2D eigenvalue weighted by Crippen LogP contribution is 2.33. The SMILES string of the molecule is CCc1ccc(CCC(=O)N2C[C@H](C(=O)O)[C@H](c3ccccc3)C2)cc1. The van der Waals surface area contributed by atoms with Crippen LogP contribution in [0.5, 0.6) is 0 Å². The molecule has 1 saturated heterocycles. The smallest absolute Gasteiger partial charge is 0.308 e. The van der Waals surface area contributed by atoms with Gasteiger partial charge in [-0.15, -0.1) is 0 Å². The number of carbonyl (C=O) groups is 2. The molecule has 0 unspecified atom stereocenters. The number of carbonyl (C=O) groups excluding carboxylic acids is 1. The van der Waals surface area contributed by atoms with Gasteiger partial charge in [0.2, 0.25) is 5.91 Å². The Labute approximate surface area is 154 Å². The third-order valence-electron chi connectivity index (χ3n) is 5.28. The first kappa shape index (κ1) is 18.2. The van der Waals surface area contributed by atoms with Gasteiger partial charge in [0.1, 0.15) is 0 Å². The predicted molar refractivity (Wildman–Crippen MR) is 101 cm³/mol.